The summed E-state index contributed by atoms with van der Waals surface area (Å²) in [6, 6.07) is -0.576. The fourth-order valence-corrected chi connectivity index (χ4v) is 2.38. The summed E-state index contributed by atoms with van der Waals surface area (Å²) in [6.45, 7) is 7.69. The van der Waals surface area contributed by atoms with Gasteiger partial charge in [0.2, 0.25) is 5.91 Å². The number of carbonyl (C=O) groups excluding carboxylic acids is 2. The van der Waals surface area contributed by atoms with E-state index >= 15 is 0 Å². The lowest BCUT2D eigenvalue weighted by Crippen LogP contribution is -2.49. The van der Waals surface area contributed by atoms with Gasteiger partial charge in [0, 0.05) is 6.04 Å². The normalized spacial score (nSPS) is 23.6. The Balaban J connectivity index is 2.62. The Hall–Kier alpha value is -1.14. The molecule has 1 heterocycles. The quantitative estimate of drug-likeness (QED) is 0.659. The van der Waals surface area contributed by atoms with Crippen LogP contribution in [-0.4, -0.2) is 50.8 Å². The second-order valence-corrected chi connectivity index (χ2v) is 5.52. The molecule has 0 aromatic heterocycles. The molecule has 0 aromatic carbocycles. The molecule has 6 nitrogen and oxygen atoms in total. The van der Waals surface area contributed by atoms with Crippen molar-refractivity contribution in [3.63, 3.8) is 0 Å². The molecule has 0 spiro atoms. The highest BCUT2D eigenvalue weighted by Crippen LogP contribution is 2.15. The van der Waals surface area contributed by atoms with Gasteiger partial charge in [0.15, 0.2) is 0 Å². The predicted octanol–water partition coefficient (Wildman–Crippen LogP) is 0.315. The number of hydrogen-bond acceptors (Lipinski definition) is 5. The molecule has 0 saturated carbocycles. The fraction of sp³-hybridized carbons (Fsp3) is 0.857. The Morgan fingerprint density at radius 1 is 1.35 bits per heavy atom. The molecule has 1 amide bonds. The number of methoxy groups -OCH3 is 1. The molecule has 3 atom stereocenters. The number of esters is 1. The van der Waals surface area contributed by atoms with Gasteiger partial charge in [-0.1, -0.05) is 20.8 Å². The van der Waals surface area contributed by atoms with Crippen molar-refractivity contribution in [3.8, 4) is 0 Å². The summed E-state index contributed by atoms with van der Waals surface area (Å²) in [5.74, 6) is -0.506. The first-order valence-corrected chi connectivity index (χ1v) is 7.18. The first-order valence-electron chi connectivity index (χ1n) is 7.18. The van der Waals surface area contributed by atoms with Crippen molar-refractivity contribution in [2.45, 2.75) is 39.3 Å². The van der Waals surface area contributed by atoms with E-state index in [1.807, 2.05) is 20.8 Å². The van der Waals surface area contributed by atoms with Crippen LogP contribution in [0.15, 0.2) is 0 Å². The molecular weight excluding hydrogens is 260 g/mol. The van der Waals surface area contributed by atoms with E-state index in [1.54, 1.807) is 0 Å². The highest BCUT2D eigenvalue weighted by Gasteiger charge is 2.35. The number of rotatable bonds is 7. The van der Waals surface area contributed by atoms with Crippen LogP contribution in [0.4, 0.5) is 0 Å². The zero-order chi connectivity index (χ0) is 15.1. The Labute approximate surface area is 120 Å². The Morgan fingerprint density at radius 2 is 2.05 bits per heavy atom. The summed E-state index contributed by atoms with van der Waals surface area (Å²) in [7, 11) is 1.34. The summed E-state index contributed by atoms with van der Waals surface area (Å²) >= 11 is 0. The molecule has 116 valence electrons. The van der Waals surface area contributed by atoms with Crippen LogP contribution in [0.25, 0.3) is 0 Å². The number of nitrogens with one attached hydrogen (secondary N) is 2. The number of carbonyl (C=O) groups is 2. The summed E-state index contributed by atoms with van der Waals surface area (Å²) in [6.07, 6.45) is 0.567. The number of likely N-dealkylation sites (N-methyl/N-ethyl adjacent to an activating group) is 1. The second-order valence-electron chi connectivity index (χ2n) is 5.52. The number of ether oxygens (including phenoxy) is 2. The van der Waals surface area contributed by atoms with Crippen LogP contribution in [0.3, 0.4) is 0 Å². The largest absolute Gasteiger partial charge is 0.467 e. The van der Waals surface area contributed by atoms with E-state index in [4.69, 9.17) is 9.47 Å². The molecule has 1 aliphatic heterocycles. The van der Waals surface area contributed by atoms with E-state index in [-0.39, 0.29) is 17.9 Å². The molecule has 20 heavy (non-hydrogen) atoms. The van der Waals surface area contributed by atoms with E-state index in [0.717, 1.165) is 6.54 Å². The minimum absolute atomic E-state index is 0.0114. The minimum Gasteiger partial charge on any atom is -0.467 e. The van der Waals surface area contributed by atoms with Crippen molar-refractivity contribution in [2.24, 2.45) is 11.8 Å². The third-order valence-corrected chi connectivity index (χ3v) is 3.39. The molecule has 0 radical (unpaired) electrons. The van der Waals surface area contributed by atoms with Crippen LogP contribution < -0.4 is 10.6 Å². The average molecular weight is 286 g/mol. The van der Waals surface area contributed by atoms with Crippen molar-refractivity contribution in [2.75, 3.05) is 26.9 Å². The molecule has 1 saturated heterocycles. The van der Waals surface area contributed by atoms with Crippen LogP contribution in [0.2, 0.25) is 0 Å². The topological polar surface area (TPSA) is 76.7 Å². The second kappa shape index (κ2) is 8.21. The van der Waals surface area contributed by atoms with Crippen molar-refractivity contribution in [3.05, 3.63) is 0 Å². The molecule has 1 rings (SSSR count). The summed E-state index contributed by atoms with van der Waals surface area (Å²) < 4.78 is 10.1. The molecule has 6 heteroatoms. The fourth-order valence-electron chi connectivity index (χ4n) is 2.38. The van der Waals surface area contributed by atoms with E-state index in [0.29, 0.717) is 25.6 Å². The Bertz CT molecular complexity index is 333. The van der Waals surface area contributed by atoms with Gasteiger partial charge in [0.05, 0.1) is 26.2 Å². The maximum Gasteiger partial charge on any atom is 0.328 e. The summed E-state index contributed by atoms with van der Waals surface area (Å²) in [5, 5.41) is 6.03. The van der Waals surface area contributed by atoms with Gasteiger partial charge < -0.3 is 20.1 Å². The van der Waals surface area contributed by atoms with Crippen LogP contribution >= 0.6 is 0 Å². The van der Waals surface area contributed by atoms with Gasteiger partial charge in [-0.2, -0.15) is 0 Å². The maximum absolute atomic E-state index is 12.3. The molecular formula is C14H26N2O4. The lowest BCUT2D eigenvalue weighted by Gasteiger charge is -2.22. The van der Waals surface area contributed by atoms with Crippen molar-refractivity contribution in [1.82, 2.24) is 10.6 Å². The molecule has 0 aliphatic carbocycles. The molecule has 1 fully saturated rings. The maximum atomic E-state index is 12.3. The first kappa shape index (κ1) is 16.9. The zero-order valence-electron chi connectivity index (χ0n) is 12.8. The monoisotopic (exact) mass is 286 g/mol. The summed E-state index contributed by atoms with van der Waals surface area (Å²) in [4.78, 5) is 24.0. The Morgan fingerprint density at radius 3 is 2.60 bits per heavy atom. The smallest absolute Gasteiger partial charge is 0.328 e. The first-order chi connectivity index (χ1) is 9.49. The molecule has 0 aromatic rings. The number of amides is 1. The molecule has 1 aliphatic rings. The van der Waals surface area contributed by atoms with Crippen LogP contribution in [0, 0.1) is 11.8 Å². The van der Waals surface area contributed by atoms with Crippen LogP contribution in [-0.2, 0) is 19.1 Å². The van der Waals surface area contributed by atoms with Crippen LogP contribution in [0.5, 0.6) is 0 Å². The van der Waals surface area contributed by atoms with Gasteiger partial charge in [-0.3, -0.25) is 4.79 Å². The van der Waals surface area contributed by atoms with Crippen molar-refractivity contribution in [1.29, 1.82) is 0 Å². The van der Waals surface area contributed by atoms with Gasteiger partial charge in [-0.05, 0) is 18.9 Å². The third-order valence-electron chi connectivity index (χ3n) is 3.39. The van der Waals surface area contributed by atoms with Gasteiger partial charge in [-0.25, -0.2) is 4.79 Å². The highest BCUT2D eigenvalue weighted by molar-refractivity contribution is 5.86. The summed E-state index contributed by atoms with van der Waals surface area (Å²) in [5.41, 5.74) is 0. The van der Waals surface area contributed by atoms with E-state index in [9.17, 15) is 9.59 Å². The zero-order valence-corrected chi connectivity index (χ0v) is 12.8. The number of hydrogen-bond donors (Lipinski definition) is 2. The van der Waals surface area contributed by atoms with E-state index < -0.39 is 12.0 Å². The lowest BCUT2D eigenvalue weighted by molar-refractivity contribution is -0.146. The van der Waals surface area contributed by atoms with Crippen molar-refractivity contribution < 1.29 is 19.1 Å². The average Bonchev–Trinajstić information content (AvgIpc) is 2.85. The molecule has 2 N–H and O–H groups in total. The predicted molar refractivity (Wildman–Crippen MR) is 75.2 cm³/mol. The van der Waals surface area contributed by atoms with Crippen molar-refractivity contribution >= 4 is 11.9 Å². The third kappa shape index (κ3) is 4.76. The van der Waals surface area contributed by atoms with Gasteiger partial charge in [0.1, 0.15) is 6.04 Å². The SMILES string of the molecule is CCNC1COCC1C(=O)NC(CC(C)C)C(=O)OC. The molecule has 0 bridgehead atoms. The van der Waals surface area contributed by atoms with E-state index in [1.165, 1.54) is 7.11 Å². The molecule has 3 unspecified atom stereocenters. The van der Waals surface area contributed by atoms with Gasteiger partial charge in [0.25, 0.3) is 0 Å². The van der Waals surface area contributed by atoms with E-state index in [2.05, 4.69) is 10.6 Å². The van der Waals surface area contributed by atoms with Crippen LogP contribution in [0.1, 0.15) is 27.2 Å². The standard InChI is InChI=1S/C14H26N2O4/c1-5-15-12-8-20-7-10(12)13(17)16-11(6-9(2)3)14(18)19-4/h9-12,15H,5-8H2,1-4H3,(H,16,17). The lowest BCUT2D eigenvalue weighted by atomic mass is 9.99. The minimum atomic E-state index is -0.588. The Kier molecular flexibility index (Phi) is 6.95. The van der Waals surface area contributed by atoms with Gasteiger partial charge >= 0.3 is 5.97 Å². The highest BCUT2D eigenvalue weighted by atomic mass is 16.5. The van der Waals surface area contributed by atoms with Gasteiger partial charge in [-0.15, -0.1) is 0 Å².